The molecule has 4 nitrogen and oxygen atoms in total. The van der Waals surface area contributed by atoms with E-state index in [2.05, 4.69) is 26.1 Å². The predicted octanol–water partition coefficient (Wildman–Crippen LogP) is 1.65. The number of carbonyl (C=O) groups excluding carboxylic acids is 1. The molecule has 0 radical (unpaired) electrons. The largest absolute Gasteiger partial charge is 0.377 e. The fourth-order valence-electron chi connectivity index (χ4n) is 3.41. The first-order valence-corrected chi connectivity index (χ1v) is 7.69. The van der Waals surface area contributed by atoms with Crippen LogP contribution in [0, 0.1) is 11.8 Å². The molecule has 0 aliphatic carbocycles. The number of rotatable bonds is 3. The number of hydrogen-bond acceptors (Lipinski definition) is 3. The van der Waals surface area contributed by atoms with E-state index in [-0.39, 0.29) is 12.1 Å². The van der Waals surface area contributed by atoms with Crippen LogP contribution in [0.25, 0.3) is 0 Å². The summed E-state index contributed by atoms with van der Waals surface area (Å²) in [6.45, 7) is 9.95. The third kappa shape index (κ3) is 3.69. The Bertz CT molecular complexity index is 293. The van der Waals surface area contributed by atoms with Gasteiger partial charge in [0.05, 0.1) is 25.3 Å². The molecule has 2 aliphatic heterocycles. The summed E-state index contributed by atoms with van der Waals surface area (Å²) in [6.07, 6.45) is 3.18. The zero-order valence-electron chi connectivity index (χ0n) is 12.5. The number of piperidine rings is 1. The second kappa shape index (κ2) is 6.71. The predicted molar refractivity (Wildman–Crippen MR) is 76.0 cm³/mol. The molecule has 4 atom stereocenters. The number of hydrogen-bond donors (Lipinski definition) is 1. The highest BCUT2D eigenvalue weighted by atomic mass is 16.5. The van der Waals surface area contributed by atoms with Crippen molar-refractivity contribution in [1.82, 2.24) is 10.2 Å². The highest BCUT2D eigenvalue weighted by molar-refractivity contribution is 5.77. The van der Waals surface area contributed by atoms with Crippen LogP contribution < -0.4 is 5.32 Å². The maximum Gasteiger partial charge on any atom is 0.223 e. The van der Waals surface area contributed by atoms with Crippen LogP contribution >= 0.6 is 0 Å². The minimum Gasteiger partial charge on any atom is -0.377 e. The fourth-order valence-corrected chi connectivity index (χ4v) is 3.41. The number of morpholine rings is 1. The molecular weight excluding hydrogens is 240 g/mol. The lowest BCUT2D eigenvalue weighted by Gasteiger charge is -2.40. The Morgan fingerprint density at radius 1 is 1.37 bits per heavy atom. The monoisotopic (exact) mass is 268 g/mol. The Balaban J connectivity index is 1.88. The van der Waals surface area contributed by atoms with Crippen LogP contribution in [0.4, 0.5) is 0 Å². The Morgan fingerprint density at radius 3 is 2.63 bits per heavy atom. The molecule has 1 N–H and O–H groups in total. The van der Waals surface area contributed by atoms with Gasteiger partial charge in [-0.3, -0.25) is 4.79 Å². The van der Waals surface area contributed by atoms with Gasteiger partial charge >= 0.3 is 0 Å². The summed E-state index contributed by atoms with van der Waals surface area (Å²) in [5.41, 5.74) is 0. The molecule has 0 aromatic carbocycles. The van der Waals surface area contributed by atoms with Crippen molar-refractivity contribution in [1.29, 1.82) is 0 Å². The van der Waals surface area contributed by atoms with Crippen LogP contribution in [0.5, 0.6) is 0 Å². The van der Waals surface area contributed by atoms with E-state index >= 15 is 0 Å². The van der Waals surface area contributed by atoms with E-state index in [1.54, 1.807) is 0 Å². The average Bonchev–Trinajstić information content (AvgIpc) is 2.39. The highest BCUT2D eigenvalue weighted by Gasteiger charge is 2.31. The molecule has 2 saturated heterocycles. The standard InChI is InChI=1S/C15H28N2O2/c1-11(14-5-4-6-16-8-14)7-15(18)17-12(2)9-19-10-13(17)3/h11-14,16H,4-10H2,1-3H3. The summed E-state index contributed by atoms with van der Waals surface area (Å²) < 4.78 is 5.49. The lowest BCUT2D eigenvalue weighted by molar-refractivity contribution is -0.145. The van der Waals surface area contributed by atoms with Crippen LogP contribution in [0.2, 0.25) is 0 Å². The minimum atomic E-state index is 0.216. The molecule has 19 heavy (non-hydrogen) atoms. The van der Waals surface area contributed by atoms with Crippen LogP contribution in [-0.2, 0) is 9.53 Å². The van der Waals surface area contributed by atoms with Crippen LogP contribution in [0.3, 0.4) is 0 Å². The minimum absolute atomic E-state index is 0.216. The van der Waals surface area contributed by atoms with Crippen molar-refractivity contribution in [3.05, 3.63) is 0 Å². The van der Waals surface area contributed by atoms with Crippen molar-refractivity contribution >= 4 is 5.91 Å². The molecule has 0 aromatic rings. The van der Waals surface area contributed by atoms with Gasteiger partial charge in [-0.2, -0.15) is 0 Å². The molecule has 4 heteroatoms. The van der Waals surface area contributed by atoms with Gasteiger partial charge in [-0.25, -0.2) is 0 Å². The molecule has 2 fully saturated rings. The number of nitrogens with zero attached hydrogens (tertiary/aromatic N) is 1. The third-order valence-corrected chi connectivity index (χ3v) is 4.59. The maximum atomic E-state index is 12.5. The molecule has 0 saturated carbocycles. The second-order valence-electron chi connectivity index (χ2n) is 6.32. The summed E-state index contributed by atoms with van der Waals surface area (Å²) in [7, 11) is 0. The van der Waals surface area contributed by atoms with Crippen LogP contribution in [-0.4, -0.2) is 49.2 Å². The number of carbonyl (C=O) groups is 1. The van der Waals surface area contributed by atoms with Crippen molar-refractivity contribution in [2.45, 2.75) is 52.1 Å². The molecular formula is C15H28N2O2. The summed E-state index contributed by atoms with van der Waals surface area (Å²) in [5, 5.41) is 3.44. The Hall–Kier alpha value is -0.610. The molecule has 4 unspecified atom stereocenters. The lowest BCUT2D eigenvalue weighted by atomic mass is 9.85. The van der Waals surface area contributed by atoms with Crippen LogP contribution in [0.1, 0.15) is 40.0 Å². The van der Waals surface area contributed by atoms with E-state index in [1.165, 1.54) is 12.8 Å². The van der Waals surface area contributed by atoms with Gasteiger partial charge < -0.3 is 15.0 Å². The van der Waals surface area contributed by atoms with Crippen LogP contribution in [0.15, 0.2) is 0 Å². The topological polar surface area (TPSA) is 41.6 Å². The second-order valence-corrected chi connectivity index (χ2v) is 6.32. The summed E-state index contributed by atoms with van der Waals surface area (Å²) in [6, 6.07) is 0.431. The highest BCUT2D eigenvalue weighted by Crippen LogP contribution is 2.25. The Labute approximate surface area is 116 Å². The molecule has 0 aromatic heterocycles. The lowest BCUT2D eigenvalue weighted by Crippen LogP contribution is -2.53. The van der Waals surface area contributed by atoms with Gasteiger partial charge in [-0.05, 0) is 51.6 Å². The average molecular weight is 268 g/mol. The van der Waals surface area contributed by atoms with Crippen molar-refractivity contribution < 1.29 is 9.53 Å². The summed E-state index contributed by atoms with van der Waals surface area (Å²) in [5.74, 6) is 1.44. The van der Waals surface area contributed by atoms with Gasteiger partial charge in [0.25, 0.3) is 0 Å². The van der Waals surface area contributed by atoms with Gasteiger partial charge in [0.1, 0.15) is 0 Å². The molecule has 0 spiro atoms. The van der Waals surface area contributed by atoms with Gasteiger partial charge in [-0.1, -0.05) is 6.92 Å². The SMILES string of the molecule is CC(CC(=O)N1C(C)COCC1C)C1CCCNC1. The van der Waals surface area contributed by atoms with Gasteiger partial charge in [-0.15, -0.1) is 0 Å². The number of nitrogens with one attached hydrogen (secondary N) is 1. The van der Waals surface area contributed by atoms with E-state index in [1.807, 2.05) is 4.90 Å². The first-order chi connectivity index (χ1) is 9.09. The molecule has 110 valence electrons. The van der Waals surface area contributed by atoms with Crippen molar-refractivity contribution in [3.63, 3.8) is 0 Å². The smallest absolute Gasteiger partial charge is 0.223 e. The first kappa shape index (κ1) is 14.8. The Kier molecular flexibility index (Phi) is 5.22. The van der Waals surface area contributed by atoms with E-state index < -0.39 is 0 Å². The number of ether oxygens (including phenoxy) is 1. The van der Waals surface area contributed by atoms with E-state index in [0.717, 1.165) is 13.1 Å². The summed E-state index contributed by atoms with van der Waals surface area (Å²) >= 11 is 0. The Morgan fingerprint density at radius 2 is 2.05 bits per heavy atom. The molecule has 0 bridgehead atoms. The normalized spacial score (nSPS) is 34.1. The number of amides is 1. The van der Waals surface area contributed by atoms with E-state index in [9.17, 15) is 4.79 Å². The molecule has 1 amide bonds. The first-order valence-electron chi connectivity index (χ1n) is 7.69. The fraction of sp³-hybridized carbons (Fsp3) is 0.933. The van der Waals surface area contributed by atoms with Crippen molar-refractivity contribution in [2.75, 3.05) is 26.3 Å². The molecule has 2 rings (SSSR count). The van der Waals surface area contributed by atoms with Crippen molar-refractivity contribution in [2.24, 2.45) is 11.8 Å². The zero-order valence-corrected chi connectivity index (χ0v) is 12.5. The molecule has 2 heterocycles. The van der Waals surface area contributed by atoms with Gasteiger partial charge in [0.15, 0.2) is 0 Å². The quantitative estimate of drug-likeness (QED) is 0.846. The van der Waals surface area contributed by atoms with E-state index in [0.29, 0.717) is 37.4 Å². The summed E-state index contributed by atoms with van der Waals surface area (Å²) in [4.78, 5) is 14.6. The maximum absolute atomic E-state index is 12.5. The van der Waals surface area contributed by atoms with Crippen molar-refractivity contribution in [3.8, 4) is 0 Å². The zero-order chi connectivity index (χ0) is 13.8. The molecule has 2 aliphatic rings. The van der Waals surface area contributed by atoms with Gasteiger partial charge in [0.2, 0.25) is 5.91 Å². The van der Waals surface area contributed by atoms with E-state index in [4.69, 9.17) is 4.74 Å². The third-order valence-electron chi connectivity index (χ3n) is 4.59. The van der Waals surface area contributed by atoms with Gasteiger partial charge in [0, 0.05) is 6.42 Å².